The molecule has 2 heterocycles. The van der Waals surface area contributed by atoms with Crippen molar-refractivity contribution >= 4 is 17.5 Å². The standard InChI is InChI=1S/C22H24FN3O2/c1-14-9-10-26(20(11-14)24-16-5-3-2-4-6-16)22(28)18-13-21(27)25-19-12-15(23)7-8-17(18)19/h7-12,16,18H,2-6,13H2,1H3,(H,25,27). The maximum atomic E-state index is 13.6. The van der Waals surface area contributed by atoms with E-state index < -0.39 is 11.7 Å². The van der Waals surface area contributed by atoms with Crippen LogP contribution < -0.4 is 10.8 Å². The van der Waals surface area contributed by atoms with Crippen molar-refractivity contribution in [3.63, 3.8) is 0 Å². The highest BCUT2D eigenvalue weighted by molar-refractivity contribution is 6.01. The monoisotopic (exact) mass is 381 g/mol. The lowest BCUT2D eigenvalue weighted by Gasteiger charge is -2.25. The van der Waals surface area contributed by atoms with E-state index in [2.05, 4.69) is 5.32 Å². The van der Waals surface area contributed by atoms with Crippen LogP contribution in [0.1, 0.15) is 60.4 Å². The number of carbonyl (C=O) groups is 2. The van der Waals surface area contributed by atoms with E-state index in [1.807, 2.05) is 19.1 Å². The molecule has 0 spiro atoms. The molecule has 146 valence electrons. The first-order valence-electron chi connectivity index (χ1n) is 9.88. The van der Waals surface area contributed by atoms with E-state index in [0.29, 0.717) is 16.7 Å². The molecule has 1 saturated carbocycles. The normalized spacial score (nSPS) is 20.6. The number of pyridine rings is 1. The van der Waals surface area contributed by atoms with Gasteiger partial charge in [0.1, 0.15) is 11.3 Å². The molecule has 1 unspecified atom stereocenters. The lowest BCUT2D eigenvalue weighted by molar-refractivity contribution is -0.116. The largest absolute Gasteiger partial charge is 0.326 e. The number of nitrogens with zero attached hydrogens (tertiary/aromatic N) is 2. The van der Waals surface area contributed by atoms with Crippen LogP contribution in [-0.2, 0) is 4.79 Å². The van der Waals surface area contributed by atoms with Gasteiger partial charge in [-0.05, 0) is 55.2 Å². The van der Waals surface area contributed by atoms with Gasteiger partial charge in [0.2, 0.25) is 11.8 Å². The number of halogens is 1. The second kappa shape index (κ2) is 7.70. The van der Waals surface area contributed by atoms with Gasteiger partial charge in [-0.25, -0.2) is 4.39 Å². The first-order chi connectivity index (χ1) is 13.5. The number of aryl methyl sites for hydroxylation is 1. The molecule has 1 aromatic carbocycles. The predicted molar refractivity (Wildman–Crippen MR) is 105 cm³/mol. The van der Waals surface area contributed by atoms with Crippen LogP contribution in [0.2, 0.25) is 0 Å². The minimum absolute atomic E-state index is 0.0429. The van der Waals surface area contributed by atoms with Crippen molar-refractivity contribution in [2.75, 3.05) is 5.32 Å². The van der Waals surface area contributed by atoms with Crippen LogP contribution in [0.15, 0.2) is 41.5 Å². The molecule has 5 nitrogen and oxygen atoms in total. The summed E-state index contributed by atoms with van der Waals surface area (Å²) in [4.78, 5) is 30.4. The summed E-state index contributed by atoms with van der Waals surface area (Å²) < 4.78 is 15.1. The number of carbonyl (C=O) groups excluding carboxylic acids is 2. The molecule has 1 fully saturated rings. The van der Waals surface area contributed by atoms with Crippen LogP contribution in [-0.4, -0.2) is 22.4 Å². The predicted octanol–water partition coefficient (Wildman–Crippen LogP) is 3.94. The summed E-state index contributed by atoms with van der Waals surface area (Å²) in [7, 11) is 0. The Morgan fingerprint density at radius 2 is 1.96 bits per heavy atom. The van der Waals surface area contributed by atoms with E-state index in [1.54, 1.807) is 16.8 Å². The Morgan fingerprint density at radius 1 is 1.18 bits per heavy atom. The quantitative estimate of drug-likeness (QED) is 0.857. The van der Waals surface area contributed by atoms with Crippen LogP contribution in [0.5, 0.6) is 0 Å². The maximum Gasteiger partial charge on any atom is 0.240 e. The Balaban J connectivity index is 1.75. The van der Waals surface area contributed by atoms with Gasteiger partial charge in [0.15, 0.2) is 0 Å². The van der Waals surface area contributed by atoms with Crippen LogP contribution in [0.4, 0.5) is 10.1 Å². The number of rotatable bonds is 2. The molecule has 1 amide bonds. The Morgan fingerprint density at radius 3 is 2.75 bits per heavy atom. The lowest BCUT2D eigenvalue weighted by Crippen LogP contribution is -2.36. The van der Waals surface area contributed by atoms with Gasteiger partial charge in [0.05, 0.1) is 12.0 Å². The zero-order chi connectivity index (χ0) is 19.7. The van der Waals surface area contributed by atoms with Crippen molar-refractivity contribution in [2.24, 2.45) is 4.99 Å². The molecule has 0 bridgehead atoms. The smallest absolute Gasteiger partial charge is 0.240 e. The van der Waals surface area contributed by atoms with Crippen LogP contribution in [0.3, 0.4) is 0 Å². The Labute approximate surface area is 163 Å². The number of hydrogen-bond donors (Lipinski definition) is 1. The summed E-state index contributed by atoms with van der Waals surface area (Å²) in [6.45, 7) is 1.97. The van der Waals surface area contributed by atoms with Crippen LogP contribution in [0, 0.1) is 12.7 Å². The molecular formula is C22H24FN3O2. The zero-order valence-electron chi connectivity index (χ0n) is 16.0. The highest BCUT2D eigenvalue weighted by Gasteiger charge is 2.32. The second-order valence-electron chi connectivity index (χ2n) is 7.73. The number of aromatic nitrogens is 1. The SMILES string of the molecule is Cc1ccn(C(=O)C2CC(=O)Nc3cc(F)ccc32)c(=NC2CCCCC2)c1. The molecule has 1 atom stereocenters. The van der Waals surface area contributed by atoms with Gasteiger partial charge in [-0.15, -0.1) is 0 Å². The van der Waals surface area contributed by atoms with Gasteiger partial charge < -0.3 is 5.32 Å². The van der Waals surface area contributed by atoms with Crippen LogP contribution >= 0.6 is 0 Å². The maximum absolute atomic E-state index is 13.6. The van der Waals surface area contributed by atoms with E-state index in [-0.39, 0.29) is 24.3 Å². The van der Waals surface area contributed by atoms with Crippen molar-refractivity contribution in [1.82, 2.24) is 4.57 Å². The summed E-state index contributed by atoms with van der Waals surface area (Å²) in [6.07, 6.45) is 7.41. The van der Waals surface area contributed by atoms with Crippen molar-refractivity contribution in [1.29, 1.82) is 0 Å². The number of benzene rings is 1. The molecule has 2 aromatic rings. The van der Waals surface area contributed by atoms with E-state index in [9.17, 15) is 14.0 Å². The molecule has 1 aliphatic carbocycles. The molecule has 1 N–H and O–H groups in total. The third-order valence-corrected chi connectivity index (χ3v) is 5.57. The highest BCUT2D eigenvalue weighted by Crippen LogP contribution is 2.33. The molecule has 28 heavy (non-hydrogen) atoms. The molecule has 2 aliphatic rings. The fraction of sp³-hybridized carbons (Fsp3) is 0.409. The van der Waals surface area contributed by atoms with Crippen molar-refractivity contribution in [3.8, 4) is 0 Å². The molecule has 4 rings (SSSR count). The van der Waals surface area contributed by atoms with E-state index in [1.165, 1.54) is 18.6 Å². The van der Waals surface area contributed by atoms with E-state index in [0.717, 1.165) is 31.2 Å². The molecule has 1 aromatic heterocycles. The fourth-order valence-corrected chi connectivity index (χ4v) is 4.10. The number of anilines is 1. The van der Waals surface area contributed by atoms with Gasteiger partial charge in [-0.2, -0.15) is 0 Å². The summed E-state index contributed by atoms with van der Waals surface area (Å²) in [5, 5.41) is 2.66. The Bertz CT molecular complexity index is 990. The molecule has 0 radical (unpaired) electrons. The topological polar surface area (TPSA) is 63.5 Å². The molecular weight excluding hydrogens is 357 g/mol. The summed E-state index contributed by atoms with van der Waals surface area (Å²) in [5.41, 5.74) is 2.67. The number of hydrogen-bond acceptors (Lipinski definition) is 3. The minimum atomic E-state index is -0.655. The fourth-order valence-electron chi connectivity index (χ4n) is 4.10. The second-order valence-corrected chi connectivity index (χ2v) is 7.73. The van der Waals surface area contributed by atoms with Gasteiger partial charge in [0, 0.05) is 18.3 Å². The number of nitrogens with one attached hydrogen (secondary N) is 1. The van der Waals surface area contributed by atoms with Crippen molar-refractivity contribution in [2.45, 2.75) is 57.4 Å². The molecule has 6 heteroatoms. The summed E-state index contributed by atoms with van der Waals surface area (Å²) >= 11 is 0. The summed E-state index contributed by atoms with van der Waals surface area (Å²) in [5.74, 6) is -1.59. The zero-order valence-corrected chi connectivity index (χ0v) is 16.0. The van der Waals surface area contributed by atoms with E-state index >= 15 is 0 Å². The van der Waals surface area contributed by atoms with Crippen molar-refractivity contribution < 1.29 is 14.0 Å². The summed E-state index contributed by atoms with van der Waals surface area (Å²) in [6, 6.07) is 8.18. The first-order valence-corrected chi connectivity index (χ1v) is 9.88. The number of amides is 1. The third kappa shape index (κ3) is 3.77. The Kier molecular flexibility index (Phi) is 5.11. The average Bonchev–Trinajstić information content (AvgIpc) is 2.67. The van der Waals surface area contributed by atoms with Gasteiger partial charge in [0.25, 0.3) is 0 Å². The lowest BCUT2D eigenvalue weighted by atomic mass is 9.89. The molecule has 0 saturated heterocycles. The first kappa shape index (κ1) is 18.6. The Hall–Kier alpha value is -2.76. The third-order valence-electron chi connectivity index (χ3n) is 5.57. The highest BCUT2D eigenvalue weighted by atomic mass is 19.1. The van der Waals surface area contributed by atoms with Gasteiger partial charge >= 0.3 is 0 Å². The van der Waals surface area contributed by atoms with E-state index in [4.69, 9.17) is 4.99 Å². The minimum Gasteiger partial charge on any atom is -0.326 e. The van der Waals surface area contributed by atoms with Crippen molar-refractivity contribution in [3.05, 3.63) is 59.0 Å². The number of fused-ring (bicyclic) bond motifs is 1. The van der Waals surface area contributed by atoms with Gasteiger partial charge in [-0.1, -0.05) is 25.3 Å². The average molecular weight is 381 g/mol. The molecule has 1 aliphatic heterocycles. The van der Waals surface area contributed by atoms with Crippen LogP contribution in [0.25, 0.3) is 0 Å². The van der Waals surface area contributed by atoms with Gasteiger partial charge in [-0.3, -0.25) is 19.1 Å².